The van der Waals surface area contributed by atoms with E-state index in [0.29, 0.717) is 6.61 Å². The first-order chi connectivity index (χ1) is 9.01. The van der Waals surface area contributed by atoms with Gasteiger partial charge in [0.15, 0.2) is 0 Å². The lowest BCUT2D eigenvalue weighted by atomic mass is 9.98. The summed E-state index contributed by atoms with van der Waals surface area (Å²) < 4.78 is 28.9. The fraction of sp³-hybridized carbons (Fsp3) is 0.571. The number of fused-ring (bicyclic) bond motifs is 1. The first-order valence-electron chi connectivity index (χ1n) is 6.67. The van der Waals surface area contributed by atoms with E-state index in [1.165, 1.54) is 11.8 Å². The second-order valence-corrected chi connectivity index (χ2v) is 7.18. The molecule has 4 nitrogen and oxygen atoms in total. The van der Waals surface area contributed by atoms with Crippen LogP contribution in [0.2, 0.25) is 0 Å². The van der Waals surface area contributed by atoms with Crippen LogP contribution in [-0.4, -0.2) is 33.6 Å². The zero-order chi connectivity index (χ0) is 13.9. The van der Waals surface area contributed by atoms with Crippen molar-refractivity contribution in [2.45, 2.75) is 25.8 Å². The Bertz CT molecular complexity index is 540. The molecule has 1 atom stereocenters. The molecule has 1 aliphatic heterocycles. The van der Waals surface area contributed by atoms with Crippen LogP contribution in [0.25, 0.3) is 0 Å². The molecule has 5 heteroatoms. The number of ether oxygens (including phenoxy) is 1. The average molecular weight is 283 g/mol. The fourth-order valence-electron chi connectivity index (χ4n) is 2.50. The third-order valence-corrected chi connectivity index (χ3v) is 4.20. The maximum absolute atomic E-state index is 11.6. The molecule has 0 aliphatic carbocycles. The highest BCUT2D eigenvalue weighted by molar-refractivity contribution is 7.90. The molecule has 1 N–H and O–H groups in total. The molecule has 1 aliphatic rings. The van der Waals surface area contributed by atoms with Gasteiger partial charge in [-0.25, -0.2) is 8.42 Å². The van der Waals surface area contributed by atoms with E-state index in [0.717, 1.165) is 30.7 Å². The van der Waals surface area contributed by atoms with Gasteiger partial charge < -0.3 is 10.1 Å². The van der Waals surface area contributed by atoms with Crippen LogP contribution in [0.4, 0.5) is 0 Å². The van der Waals surface area contributed by atoms with Crippen molar-refractivity contribution in [1.29, 1.82) is 0 Å². The van der Waals surface area contributed by atoms with Crippen LogP contribution >= 0.6 is 0 Å². The summed E-state index contributed by atoms with van der Waals surface area (Å²) in [4.78, 5) is 0. The summed E-state index contributed by atoms with van der Waals surface area (Å²) in [6.45, 7) is 3.41. The van der Waals surface area contributed by atoms with Crippen molar-refractivity contribution in [3.63, 3.8) is 0 Å². The van der Waals surface area contributed by atoms with Gasteiger partial charge in [0.2, 0.25) is 0 Å². The average Bonchev–Trinajstić information content (AvgIpc) is 2.36. The van der Waals surface area contributed by atoms with E-state index in [-0.39, 0.29) is 11.8 Å². The highest BCUT2D eigenvalue weighted by Crippen LogP contribution is 2.33. The maximum atomic E-state index is 11.6. The predicted octanol–water partition coefficient (Wildman–Crippen LogP) is 1.71. The SMILES string of the molecule is CCNC(CS(C)(=O)=O)c1cccc2c1OCCC2. The van der Waals surface area contributed by atoms with E-state index >= 15 is 0 Å². The normalized spacial score (nSPS) is 16.5. The van der Waals surface area contributed by atoms with E-state index < -0.39 is 9.84 Å². The van der Waals surface area contributed by atoms with Gasteiger partial charge in [-0.3, -0.25) is 0 Å². The first-order valence-corrected chi connectivity index (χ1v) is 8.73. The van der Waals surface area contributed by atoms with Gasteiger partial charge in [0.1, 0.15) is 15.6 Å². The standard InChI is InChI=1S/C14H21NO3S/c1-3-15-13(10-19(2,16)17)12-8-4-6-11-7-5-9-18-14(11)12/h4,6,8,13,15H,3,5,7,9-10H2,1-2H3. The molecule has 0 saturated carbocycles. The lowest BCUT2D eigenvalue weighted by Crippen LogP contribution is -2.28. The van der Waals surface area contributed by atoms with Gasteiger partial charge in [0.05, 0.1) is 12.4 Å². The molecule has 1 aromatic carbocycles. The highest BCUT2D eigenvalue weighted by atomic mass is 32.2. The molecule has 1 heterocycles. The summed E-state index contributed by atoms with van der Waals surface area (Å²) in [6.07, 6.45) is 3.29. The van der Waals surface area contributed by atoms with Crippen LogP contribution in [0.3, 0.4) is 0 Å². The number of hydrogen-bond donors (Lipinski definition) is 1. The molecule has 1 aromatic rings. The van der Waals surface area contributed by atoms with Crippen LogP contribution in [0, 0.1) is 0 Å². The summed E-state index contributed by atoms with van der Waals surface area (Å²) in [6, 6.07) is 5.80. The number of benzene rings is 1. The molecular formula is C14H21NO3S. The topological polar surface area (TPSA) is 55.4 Å². The lowest BCUT2D eigenvalue weighted by molar-refractivity contribution is 0.282. The van der Waals surface area contributed by atoms with Crippen LogP contribution in [0.5, 0.6) is 5.75 Å². The summed E-state index contributed by atoms with van der Waals surface area (Å²) >= 11 is 0. The van der Waals surface area contributed by atoms with Crippen LogP contribution in [-0.2, 0) is 16.3 Å². The van der Waals surface area contributed by atoms with Crippen LogP contribution in [0.15, 0.2) is 18.2 Å². The summed E-state index contributed by atoms with van der Waals surface area (Å²) in [5, 5.41) is 3.25. The quantitative estimate of drug-likeness (QED) is 0.894. The molecular weight excluding hydrogens is 262 g/mol. The minimum Gasteiger partial charge on any atom is -0.493 e. The molecule has 19 heavy (non-hydrogen) atoms. The Balaban J connectivity index is 2.36. The second-order valence-electron chi connectivity index (χ2n) is 4.99. The van der Waals surface area contributed by atoms with E-state index in [9.17, 15) is 8.42 Å². The van der Waals surface area contributed by atoms with Crippen molar-refractivity contribution < 1.29 is 13.2 Å². The Morgan fingerprint density at radius 1 is 1.42 bits per heavy atom. The van der Waals surface area contributed by atoms with Crippen molar-refractivity contribution in [3.05, 3.63) is 29.3 Å². The minimum absolute atomic E-state index is 0.0979. The number of aryl methyl sites for hydroxylation is 1. The third kappa shape index (κ3) is 3.70. The smallest absolute Gasteiger partial charge is 0.149 e. The minimum atomic E-state index is -3.04. The lowest BCUT2D eigenvalue weighted by Gasteiger charge is -2.25. The van der Waals surface area contributed by atoms with Gasteiger partial charge in [-0.1, -0.05) is 25.1 Å². The summed E-state index contributed by atoms with van der Waals surface area (Å²) in [5.74, 6) is 0.976. The number of sulfone groups is 1. The van der Waals surface area contributed by atoms with Gasteiger partial charge in [0.25, 0.3) is 0 Å². The van der Waals surface area contributed by atoms with E-state index in [2.05, 4.69) is 11.4 Å². The molecule has 0 amide bonds. The molecule has 106 valence electrons. The van der Waals surface area contributed by atoms with Gasteiger partial charge in [-0.05, 0) is 24.9 Å². The molecule has 0 spiro atoms. The molecule has 0 aromatic heterocycles. The van der Waals surface area contributed by atoms with Gasteiger partial charge in [-0.2, -0.15) is 0 Å². The molecule has 0 radical (unpaired) electrons. The van der Waals surface area contributed by atoms with Crippen molar-refractivity contribution in [2.75, 3.05) is 25.2 Å². The number of rotatable bonds is 5. The van der Waals surface area contributed by atoms with Gasteiger partial charge in [-0.15, -0.1) is 0 Å². The first kappa shape index (κ1) is 14.3. The number of nitrogens with one attached hydrogen (secondary N) is 1. The Labute approximate surface area is 115 Å². The Morgan fingerprint density at radius 3 is 2.89 bits per heavy atom. The Kier molecular flexibility index (Phi) is 4.47. The fourth-order valence-corrected chi connectivity index (χ4v) is 3.40. The second kappa shape index (κ2) is 5.92. The van der Waals surface area contributed by atoms with E-state index in [1.54, 1.807) is 0 Å². The van der Waals surface area contributed by atoms with Crippen molar-refractivity contribution in [3.8, 4) is 5.75 Å². The monoisotopic (exact) mass is 283 g/mol. The largest absolute Gasteiger partial charge is 0.493 e. The predicted molar refractivity (Wildman–Crippen MR) is 76.4 cm³/mol. The summed E-state index contributed by atoms with van der Waals surface area (Å²) in [7, 11) is -3.04. The number of para-hydroxylation sites is 1. The van der Waals surface area contributed by atoms with Crippen LogP contribution < -0.4 is 10.1 Å². The number of hydrogen-bond acceptors (Lipinski definition) is 4. The van der Waals surface area contributed by atoms with Crippen molar-refractivity contribution >= 4 is 9.84 Å². The third-order valence-electron chi connectivity index (χ3n) is 3.26. The highest BCUT2D eigenvalue weighted by Gasteiger charge is 2.23. The van der Waals surface area contributed by atoms with E-state index in [1.807, 2.05) is 19.1 Å². The van der Waals surface area contributed by atoms with Gasteiger partial charge in [0, 0.05) is 17.9 Å². The molecule has 1 unspecified atom stereocenters. The van der Waals surface area contributed by atoms with Gasteiger partial charge >= 0.3 is 0 Å². The molecule has 0 saturated heterocycles. The van der Waals surface area contributed by atoms with E-state index in [4.69, 9.17) is 4.74 Å². The Morgan fingerprint density at radius 2 is 2.21 bits per heavy atom. The van der Waals surface area contributed by atoms with Crippen molar-refractivity contribution in [2.24, 2.45) is 0 Å². The maximum Gasteiger partial charge on any atom is 0.149 e. The molecule has 0 bridgehead atoms. The zero-order valence-corrected chi connectivity index (χ0v) is 12.3. The zero-order valence-electron chi connectivity index (χ0n) is 11.5. The van der Waals surface area contributed by atoms with Crippen molar-refractivity contribution in [1.82, 2.24) is 5.32 Å². The molecule has 2 rings (SSSR count). The summed E-state index contributed by atoms with van der Waals surface area (Å²) in [5.41, 5.74) is 2.14. The van der Waals surface area contributed by atoms with Crippen LogP contribution in [0.1, 0.15) is 30.5 Å². The molecule has 0 fully saturated rings. The Hall–Kier alpha value is -1.07.